The van der Waals surface area contributed by atoms with Gasteiger partial charge in [-0.1, -0.05) is 24.3 Å². The summed E-state index contributed by atoms with van der Waals surface area (Å²) in [6.07, 6.45) is 8.12. The number of nitrogens with zero attached hydrogens (tertiary/aromatic N) is 4. The van der Waals surface area contributed by atoms with E-state index >= 15 is 0 Å². The van der Waals surface area contributed by atoms with Crippen molar-refractivity contribution in [2.45, 2.75) is 43.8 Å². The van der Waals surface area contributed by atoms with Crippen LogP contribution in [0.4, 0.5) is 5.69 Å². The summed E-state index contributed by atoms with van der Waals surface area (Å²) in [6, 6.07) is 9.60. The minimum atomic E-state index is 0.00357. The fourth-order valence-electron chi connectivity index (χ4n) is 4.95. The summed E-state index contributed by atoms with van der Waals surface area (Å²) in [7, 11) is 1.90. The van der Waals surface area contributed by atoms with E-state index in [1.54, 1.807) is 10.9 Å². The molecule has 5 rings (SSSR count). The van der Waals surface area contributed by atoms with Crippen molar-refractivity contribution in [2.75, 3.05) is 11.4 Å². The van der Waals surface area contributed by atoms with Crippen molar-refractivity contribution in [2.24, 2.45) is 7.05 Å². The molecule has 2 fully saturated rings. The zero-order valence-corrected chi connectivity index (χ0v) is 13.9. The first kappa shape index (κ1) is 14.2. The van der Waals surface area contributed by atoms with Crippen LogP contribution in [0.3, 0.4) is 0 Å². The normalized spacial score (nSPS) is 29.3. The molecule has 24 heavy (non-hydrogen) atoms. The van der Waals surface area contributed by atoms with Crippen molar-refractivity contribution in [1.29, 1.82) is 0 Å². The van der Waals surface area contributed by atoms with Crippen molar-refractivity contribution >= 4 is 11.6 Å². The average Bonchev–Trinajstić information content (AvgIpc) is 3.29. The Morgan fingerprint density at radius 2 is 1.75 bits per heavy atom. The van der Waals surface area contributed by atoms with Crippen LogP contribution in [0.25, 0.3) is 0 Å². The van der Waals surface area contributed by atoms with E-state index in [4.69, 9.17) is 0 Å². The Hall–Kier alpha value is -2.14. The van der Waals surface area contributed by atoms with Crippen LogP contribution in [-0.2, 0) is 11.8 Å². The number of hydrogen-bond acceptors (Lipinski definition) is 3. The number of amides is 1. The molecule has 5 nitrogen and oxygen atoms in total. The summed E-state index contributed by atoms with van der Waals surface area (Å²) in [5.74, 6) is 0.249. The van der Waals surface area contributed by atoms with E-state index in [0.717, 1.165) is 25.1 Å². The molecule has 0 radical (unpaired) electrons. The molecule has 4 heterocycles. The van der Waals surface area contributed by atoms with Gasteiger partial charge in [0.25, 0.3) is 0 Å². The van der Waals surface area contributed by atoms with Gasteiger partial charge in [0.15, 0.2) is 0 Å². The van der Waals surface area contributed by atoms with Gasteiger partial charge in [-0.25, -0.2) is 0 Å². The zero-order chi connectivity index (χ0) is 16.3. The number of aryl methyl sites for hydroxylation is 1. The molecule has 2 bridgehead atoms. The molecule has 0 spiro atoms. The monoisotopic (exact) mass is 322 g/mol. The molecule has 1 aromatic heterocycles. The van der Waals surface area contributed by atoms with Crippen LogP contribution in [0.5, 0.6) is 0 Å². The average molecular weight is 322 g/mol. The van der Waals surface area contributed by atoms with E-state index in [0.29, 0.717) is 12.1 Å². The summed E-state index contributed by atoms with van der Waals surface area (Å²) in [5.41, 5.74) is 3.82. The molecule has 0 N–H and O–H groups in total. The van der Waals surface area contributed by atoms with Crippen LogP contribution in [0.15, 0.2) is 36.7 Å². The van der Waals surface area contributed by atoms with Crippen molar-refractivity contribution in [1.82, 2.24) is 14.7 Å². The fourth-order valence-corrected chi connectivity index (χ4v) is 4.95. The Bertz CT molecular complexity index is 767. The summed E-state index contributed by atoms with van der Waals surface area (Å²) in [4.78, 5) is 17.7. The highest BCUT2D eigenvalue weighted by molar-refractivity contribution is 5.97. The lowest BCUT2D eigenvalue weighted by atomic mass is 9.92. The number of benzene rings is 1. The zero-order valence-electron chi connectivity index (χ0n) is 13.9. The SMILES string of the molecule is Cn1cc(N2CCC[C@H](N3[C@H]4CC[C@H]3c3ccccc34)C2=O)cn1. The third-order valence-electron chi connectivity index (χ3n) is 5.92. The van der Waals surface area contributed by atoms with E-state index in [1.165, 1.54) is 24.0 Å². The van der Waals surface area contributed by atoms with Gasteiger partial charge in [0.1, 0.15) is 0 Å². The minimum Gasteiger partial charge on any atom is -0.308 e. The number of piperidine rings is 1. The van der Waals surface area contributed by atoms with E-state index in [-0.39, 0.29) is 11.9 Å². The molecule has 124 valence electrons. The molecule has 0 aliphatic carbocycles. The number of anilines is 1. The maximum atomic E-state index is 13.2. The summed E-state index contributed by atoms with van der Waals surface area (Å²) < 4.78 is 1.77. The Labute approximate surface area is 141 Å². The van der Waals surface area contributed by atoms with Crippen molar-refractivity contribution in [3.8, 4) is 0 Å². The van der Waals surface area contributed by atoms with Gasteiger partial charge >= 0.3 is 0 Å². The number of fused-ring (bicyclic) bond motifs is 5. The maximum absolute atomic E-state index is 13.2. The van der Waals surface area contributed by atoms with Gasteiger partial charge in [-0.15, -0.1) is 0 Å². The third kappa shape index (κ3) is 1.91. The smallest absolute Gasteiger partial charge is 0.244 e. The number of rotatable bonds is 2. The van der Waals surface area contributed by atoms with Crippen LogP contribution < -0.4 is 4.90 Å². The van der Waals surface area contributed by atoms with E-state index < -0.39 is 0 Å². The van der Waals surface area contributed by atoms with Crippen LogP contribution in [0, 0.1) is 0 Å². The van der Waals surface area contributed by atoms with Crippen LogP contribution in [-0.4, -0.2) is 33.2 Å². The van der Waals surface area contributed by atoms with Gasteiger partial charge in [0, 0.05) is 31.9 Å². The molecule has 0 saturated carbocycles. The third-order valence-corrected chi connectivity index (χ3v) is 5.92. The predicted molar refractivity (Wildman–Crippen MR) is 91.6 cm³/mol. The summed E-state index contributed by atoms with van der Waals surface area (Å²) in [6.45, 7) is 0.803. The molecule has 1 amide bonds. The van der Waals surface area contributed by atoms with Gasteiger partial charge in [0.05, 0.1) is 17.9 Å². The maximum Gasteiger partial charge on any atom is 0.244 e. The quantitative estimate of drug-likeness (QED) is 0.854. The summed E-state index contributed by atoms with van der Waals surface area (Å²) >= 11 is 0. The van der Waals surface area contributed by atoms with Gasteiger partial charge < -0.3 is 4.90 Å². The molecule has 2 aromatic rings. The van der Waals surface area contributed by atoms with Crippen molar-refractivity contribution < 1.29 is 4.79 Å². The molecule has 3 atom stereocenters. The second-order valence-electron chi connectivity index (χ2n) is 7.21. The first-order valence-electron chi connectivity index (χ1n) is 8.90. The van der Waals surface area contributed by atoms with Crippen LogP contribution in [0.1, 0.15) is 48.9 Å². The lowest BCUT2D eigenvalue weighted by Gasteiger charge is -2.38. The highest BCUT2D eigenvalue weighted by atomic mass is 16.2. The molecular weight excluding hydrogens is 300 g/mol. The lowest BCUT2D eigenvalue weighted by Crippen LogP contribution is -2.51. The fraction of sp³-hybridized carbons (Fsp3) is 0.474. The minimum absolute atomic E-state index is 0.00357. The molecular formula is C19H22N4O. The van der Waals surface area contributed by atoms with Gasteiger partial charge in [-0.2, -0.15) is 5.10 Å². The topological polar surface area (TPSA) is 41.4 Å². The van der Waals surface area contributed by atoms with Crippen LogP contribution >= 0.6 is 0 Å². The second kappa shape index (κ2) is 5.18. The number of aromatic nitrogens is 2. The number of hydrogen-bond donors (Lipinski definition) is 0. The number of carbonyl (C=O) groups is 1. The molecule has 3 aliphatic rings. The highest BCUT2D eigenvalue weighted by Crippen LogP contribution is 2.54. The van der Waals surface area contributed by atoms with Crippen LogP contribution in [0.2, 0.25) is 0 Å². The first-order valence-corrected chi connectivity index (χ1v) is 8.90. The van der Waals surface area contributed by atoms with Gasteiger partial charge in [-0.05, 0) is 36.8 Å². The molecule has 2 saturated heterocycles. The highest BCUT2D eigenvalue weighted by Gasteiger charge is 2.49. The first-order chi connectivity index (χ1) is 11.7. The second-order valence-corrected chi connectivity index (χ2v) is 7.21. The standard InChI is InChI=1S/C19H22N4O/c1-21-12-13(11-20-21)22-10-4-7-18(19(22)24)23-16-8-9-17(23)15-6-3-2-5-14(15)16/h2-3,5-6,11-12,16-18H,4,7-10H2,1H3/t16-,17-,18-/m0/s1. The Balaban J connectivity index is 1.47. The number of carbonyl (C=O) groups excluding carboxylic acids is 1. The summed E-state index contributed by atoms with van der Waals surface area (Å²) in [5, 5.41) is 4.23. The van der Waals surface area contributed by atoms with Gasteiger partial charge in [0.2, 0.25) is 5.91 Å². The molecule has 5 heteroatoms. The largest absolute Gasteiger partial charge is 0.308 e. The van der Waals surface area contributed by atoms with E-state index in [9.17, 15) is 4.79 Å². The molecule has 1 aromatic carbocycles. The lowest BCUT2D eigenvalue weighted by molar-refractivity contribution is -0.126. The Morgan fingerprint density at radius 1 is 1.04 bits per heavy atom. The Morgan fingerprint density at radius 3 is 2.38 bits per heavy atom. The molecule has 0 unspecified atom stereocenters. The van der Waals surface area contributed by atoms with E-state index in [1.807, 2.05) is 18.1 Å². The van der Waals surface area contributed by atoms with Crippen molar-refractivity contribution in [3.05, 3.63) is 47.8 Å². The van der Waals surface area contributed by atoms with E-state index in [2.05, 4.69) is 34.3 Å². The van der Waals surface area contributed by atoms with Gasteiger partial charge in [-0.3, -0.25) is 14.4 Å². The molecule has 3 aliphatic heterocycles. The van der Waals surface area contributed by atoms with Crippen molar-refractivity contribution in [3.63, 3.8) is 0 Å². The Kier molecular flexibility index (Phi) is 3.07. The predicted octanol–water partition coefficient (Wildman–Crippen LogP) is 2.81.